The first-order valence-corrected chi connectivity index (χ1v) is 6.82. The minimum Gasteiger partial charge on any atom is -0.467 e. The number of hydrogen-bond donors (Lipinski definition) is 1. The standard InChI is InChI=1S/C12H16ClNO3S/c1-4-8(12(16)17-3)14-11(15)7(2)9-5-6-10(13)18-9/h5-8H,4H2,1-3H3,(H,14,15)/t7-,8+/m1/s1. The van der Waals surface area contributed by atoms with Gasteiger partial charge in [-0.25, -0.2) is 4.79 Å². The van der Waals surface area contributed by atoms with Crippen LogP contribution in [-0.4, -0.2) is 25.0 Å². The highest BCUT2D eigenvalue weighted by atomic mass is 35.5. The smallest absolute Gasteiger partial charge is 0.328 e. The highest BCUT2D eigenvalue weighted by Crippen LogP contribution is 2.28. The Kier molecular flexibility index (Phi) is 5.62. The number of carbonyl (C=O) groups excluding carboxylic acids is 2. The summed E-state index contributed by atoms with van der Waals surface area (Å²) in [6, 6.07) is 2.97. The van der Waals surface area contributed by atoms with E-state index in [4.69, 9.17) is 11.6 Å². The largest absolute Gasteiger partial charge is 0.467 e. The van der Waals surface area contributed by atoms with Crippen molar-refractivity contribution in [2.45, 2.75) is 32.2 Å². The van der Waals surface area contributed by atoms with Crippen LogP contribution in [0.3, 0.4) is 0 Å². The van der Waals surface area contributed by atoms with Crippen LogP contribution in [0.25, 0.3) is 0 Å². The molecule has 1 aromatic rings. The molecule has 0 fully saturated rings. The summed E-state index contributed by atoms with van der Waals surface area (Å²) in [5.74, 6) is -0.964. The molecule has 1 amide bonds. The molecule has 4 nitrogen and oxygen atoms in total. The Bertz CT molecular complexity index is 433. The minimum absolute atomic E-state index is 0.203. The van der Waals surface area contributed by atoms with E-state index in [9.17, 15) is 9.59 Å². The van der Waals surface area contributed by atoms with E-state index in [0.717, 1.165) is 4.88 Å². The van der Waals surface area contributed by atoms with Gasteiger partial charge in [-0.3, -0.25) is 4.79 Å². The predicted octanol–water partition coefficient (Wildman–Crippen LogP) is 2.57. The van der Waals surface area contributed by atoms with Gasteiger partial charge in [0.2, 0.25) is 5.91 Å². The fourth-order valence-corrected chi connectivity index (χ4v) is 2.57. The molecule has 0 bridgehead atoms. The van der Waals surface area contributed by atoms with Crippen LogP contribution in [0.1, 0.15) is 31.1 Å². The topological polar surface area (TPSA) is 55.4 Å². The number of amides is 1. The third-order valence-electron chi connectivity index (χ3n) is 2.62. The zero-order chi connectivity index (χ0) is 13.7. The Balaban J connectivity index is 2.67. The molecule has 0 aliphatic rings. The molecule has 18 heavy (non-hydrogen) atoms. The van der Waals surface area contributed by atoms with E-state index in [0.29, 0.717) is 10.8 Å². The van der Waals surface area contributed by atoms with E-state index in [1.165, 1.54) is 18.4 Å². The van der Waals surface area contributed by atoms with Gasteiger partial charge >= 0.3 is 5.97 Å². The minimum atomic E-state index is -0.597. The van der Waals surface area contributed by atoms with Gasteiger partial charge < -0.3 is 10.1 Å². The molecule has 0 aliphatic carbocycles. The van der Waals surface area contributed by atoms with Crippen molar-refractivity contribution < 1.29 is 14.3 Å². The Morgan fingerprint density at radius 1 is 1.50 bits per heavy atom. The summed E-state index contributed by atoms with van der Waals surface area (Å²) in [5.41, 5.74) is 0. The molecule has 1 N–H and O–H groups in total. The average Bonchev–Trinajstić information content (AvgIpc) is 2.80. The molecule has 0 unspecified atom stereocenters. The molecule has 1 rings (SSSR count). The number of rotatable bonds is 5. The van der Waals surface area contributed by atoms with Crippen LogP contribution < -0.4 is 5.32 Å². The lowest BCUT2D eigenvalue weighted by Gasteiger charge is -2.17. The molecule has 0 spiro atoms. The van der Waals surface area contributed by atoms with Crippen molar-refractivity contribution in [1.29, 1.82) is 0 Å². The number of halogens is 1. The summed E-state index contributed by atoms with van der Waals surface area (Å²) in [7, 11) is 1.31. The number of ether oxygens (including phenoxy) is 1. The van der Waals surface area contributed by atoms with Gasteiger partial charge in [-0.15, -0.1) is 11.3 Å². The van der Waals surface area contributed by atoms with Crippen LogP contribution >= 0.6 is 22.9 Å². The Labute approximate surface area is 115 Å². The molecule has 1 heterocycles. The lowest BCUT2D eigenvalue weighted by atomic mass is 10.1. The second kappa shape index (κ2) is 6.75. The molecule has 2 atom stereocenters. The van der Waals surface area contributed by atoms with Crippen LogP contribution in [0, 0.1) is 0 Å². The Morgan fingerprint density at radius 3 is 2.61 bits per heavy atom. The highest BCUT2D eigenvalue weighted by Gasteiger charge is 2.24. The van der Waals surface area contributed by atoms with Crippen LogP contribution in [0.4, 0.5) is 0 Å². The molecule has 0 saturated heterocycles. The van der Waals surface area contributed by atoms with E-state index in [1.54, 1.807) is 13.0 Å². The fourth-order valence-electron chi connectivity index (χ4n) is 1.46. The van der Waals surface area contributed by atoms with Gasteiger partial charge in [0.05, 0.1) is 17.4 Å². The average molecular weight is 290 g/mol. The third kappa shape index (κ3) is 3.71. The van der Waals surface area contributed by atoms with Crippen molar-refractivity contribution in [1.82, 2.24) is 5.32 Å². The van der Waals surface area contributed by atoms with Gasteiger partial charge in [0, 0.05) is 4.88 Å². The number of methoxy groups -OCH3 is 1. The van der Waals surface area contributed by atoms with Gasteiger partial charge in [0.1, 0.15) is 6.04 Å². The molecule has 0 aromatic carbocycles. The number of carbonyl (C=O) groups is 2. The van der Waals surface area contributed by atoms with Crippen molar-refractivity contribution in [3.8, 4) is 0 Å². The fraction of sp³-hybridized carbons (Fsp3) is 0.500. The normalized spacial score (nSPS) is 13.8. The zero-order valence-electron chi connectivity index (χ0n) is 10.5. The predicted molar refractivity (Wildman–Crippen MR) is 72.0 cm³/mol. The van der Waals surface area contributed by atoms with Crippen molar-refractivity contribution in [2.75, 3.05) is 7.11 Å². The van der Waals surface area contributed by atoms with E-state index < -0.39 is 12.0 Å². The third-order valence-corrected chi connectivity index (χ3v) is 4.04. The maximum Gasteiger partial charge on any atom is 0.328 e. The molecular weight excluding hydrogens is 274 g/mol. The molecule has 0 aliphatic heterocycles. The van der Waals surface area contributed by atoms with Gasteiger partial charge in [0.15, 0.2) is 0 Å². The first-order chi connectivity index (χ1) is 8.49. The maximum absolute atomic E-state index is 12.0. The van der Waals surface area contributed by atoms with E-state index in [2.05, 4.69) is 10.1 Å². The highest BCUT2D eigenvalue weighted by molar-refractivity contribution is 7.16. The molecule has 6 heteroatoms. The Hall–Kier alpha value is -1.07. The quantitative estimate of drug-likeness (QED) is 0.848. The SMILES string of the molecule is CC[C@H](NC(=O)[C@H](C)c1ccc(Cl)s1)C(=O)OC. The van der Waals surface area contributed by atoms with E-state index >= 15 is 0 Å². The van der Waals surface area contributed by atoms with Crippen molar-refractivity contribution in [2.24, 2.45) is 0 Å². The molecule has 100 valence electrons. The number of esters is 1. The maximum atomic E-state index is 12.0. The molecule has 0 radical (unpaired) electrons. The molecule has 1 aromatic heterocycles. The summed E-state index contributed by atoms with van der Waals surface area (Å²) in [6.07, 6.45) is 0.496. The zero-order valence-corrected chi connectivity index (χ0v) is 12.1. The summed E-state index contributed by atoms with van der Waals surface area (Å²) in [5, 5.41) is 2.67. The lowest BCUT2D eigenvalue weighted by Crippen LogP contribution is -2.42. The molecular formula is C12H16ClNO3S. The van der Waals surface area contributed by atoms with E-state index in [-0.39, 0.29) is 11.8 Å². The van der Waals surface area contributed by atoms with Crippen molar-refractivity contribution in [3.05, 3.63) is 21.3 Å². The lowest BCUT2D eigenvalue weighted by molar-refractivity contribution is -0.145. The summed E-state index contributed by atoms with van der Waals surface area (Å²) < 4.78 is 5.26. The first-order valence-electron chi connectivity index (χ1n) is 5.63. The van der Waals surface area contributed by atoms with Gasteiger partial charge in [-0.05, 0) is 25.5 Å². The van der Waals surface area contributed by atoms with Crippen molar-refractivity contribution >= 4 is 34.8 Å². The van der Waals surface area contributed by atoms with Crippen LogP contribution in [0.15, 0.2) is 12.1 Å². The first kappa shape index (κ1) is 15.0. The van der Waals surface area contributed by atoms with Crippen LogP contribution in [-0.2, 0) is 14.3 Å². The van der Waals surface area contributed by atoms with Gasteiger partial charge in [0.25, 0.3) is 0 Å². The second-order valence-electron chi connectivity index (χ2n) is 3.86. The Morgan fingerprint density at radius 2 is 2.17 bits per heavy atom. The summed E-state index contributed by atoms with van der Waals surface area (Å²) in [6.45, 7) is 3.59. The number of thiophene rings is 1. The monoisotopic (exact) mass is 289 g/mol. The molecule has 0 saturated carbocycles. The number of nitrogens with one attached hydrogen (secondary N) is 1. The summed E-state index contributed by atoms with van der Waals surface area (Å²) in [4.78, 5) is 24.2. The van der Waals surface area contributed by atoms with E-state index in [1.807, 2.05) is 13.0 Å². The second-order valence-corrected chi connectivity index (χ2v) is 5.60. The van der Waals surface area contributed by atoms with Crippen LogP contribution in [0.5, 0.6) is 0 Å². The van der Waals surface area contributed by atoms with Gasteiger partial charge in [-0.2, -0.15) is 0 Å². The van der Waals surface area contributed by atoms with Crippen LogP contribution in [0.2, 0.25) is 4.34 Å². The number of hydrogen-bond acceptors (Lipinski definition) is 4. The van der Waals surface area contributed by atoms with Crippen molar-refractivity contribution in [3.63, 3.8) is 0 Å². The van der Waals surface area contributed by atoms with Gasteiger partial charge in [-0.1, -0.05) is 18.5 Å². The summed E-state index contributed by atoms with van der Waals surface area (Å²) >= 11 is 7.19.